The van der Waals surface area contributed by atoms with Gasteiger partial charge >= 0.3 is 6.18 Å². The van der Waals surface area contributed by atoms with Crippen LogP contribution in [0.15, 0.2) is 18.2 Å². The molecule has 0 unspecified atom stereocenters. The topological polar surface area (TPSA) is 20.2 Å². The van der Waals surface area contributed by atoms with Gasteiger partial charge in [0.05, 0.1) is 12.2 Å². The number of aliphatic hydroxyl groups excluding tert-OH is 1. The van der Waals surface area contributed by atoms with Crippen LogP contribution in [-0.4, -0.2) is 5.11 Å². The Kier molecular flexibility index (Phi) is 2.56. The minimum atomic E-state index is -4.76. The Morgan fingerprint density at radius 2 is 1.85 bits per heavy atom. The normalized spacial score (nSPS) is 11.8. The van der Waals surface area contributed by atoms with Crippen LogP contribution in [0.3, 0.4) is 0 Å². The second-order valence-electron chi connectivity index (χ2n) is 2.43. The van der Waals surface area contributed by atoms with Gasteiger partial charge in [-0.3, -0.25) is 0 Å². The van der Waals surface area contributed by atoms with Gasteiger partial charge in [0.1, 0.15) is 5.82 Å². The van der Waals surface area contributed by atoms with Crippen LogP contribution in [0.1, 0.15) is 11.1 Å². The smallest absolute Gasteiger partial charge is 0.392 e. The van der Waals surface area contributed by atoms with Gasteiger partial charge in [0.15, 0.2) is 0 Å². The number of halogens is 4. The largest absolute Gasteiger partial charge is 0.419 e. The molecule has 0 aliphatic carbocycles. The van der Waals surface area contributed by atoms with E-state index in [1.807, 2.05) is 0 Å². The van der Waals surface area contributed by atoms with Crippen molar-refractivity contribution in [1.29, 1.82) is 0 Å². The number of alkyl halides is 3. The average molecular weight is 194 g/mol. The molecule has 0 spiro atoms. The van der Waals surface area contributed by atoms with Gasteiger partial charge in [0, 0.05) is 0 Å². The van der Waals surface area contributed by atoms with Crippen LogP contribution < -0.4 is 0 Å². The zero-order valence-electron chi connectivity index (χ0n) is 6.40. The predicted molar refractivity (Wildman–Crippen MR) is 37.3 cm³/mol. The summed E-state index contributed by atoms with van der Waals surface area (Å²) in [5, 5.41) is 8.54. The number of rotatable bonds is 1. The van der Waals surface area contributed by atoms with Crippen LogP contribution in [0.25, 0.3) is 0 Å². The third-order valence-corrected chi connectivity index (χ3v) is 1.55. The molecule has 1 rings (SSSR count). The van der Waals surface area contributed by atoms with Crippen molar-refractivity contribution in [3.8, 4) is 0 Å². The maximum absolute atomic E-state index is 12.7. The summed E-state index contributed by atoms with van der Waals surface area (Å²) in [7, 11) is 0. The van der Waals surface area contributed by atoms with E-state index >= 15 is 0 Å². The number of hydrogen-bond donors (Lipinski definition) is 1. The summed E-state index contributed by atoms with van der Waals surface area (Å²) in [5.74, 6) is -1.36. The van der Waals surface area contributed by atoms with E-state index in [9.17, 15) is 17.6 Å². The molecule has 1 aromatic rings. The summed E-state index contributed by atoms with van der Waals surface area (Å²) >= 11 is 0. The van der Waals surface area contributed by atoms with Crippen LogP contribution in [-0.2, 0) is 12.8 Å². The Morgan fingerprint density at radius 1 is 1.23 bits per heavy atom. The standard InChI is InChI=1S/C8H6F4O/c9-6-3-1-2-5(4-13)7(6)8(10,11)12/h1-3,13H,4H2. The highest BCUT2D eigenvalue weighted by Gasteiger charge is 2.36. The van der Waals surface area contributed by atoms with Gasteiger partial charge in [-0.25, -0.2) is 4.39 Å². The van der Waals surface area contributed by atoms with Crippen LogP contribution in [0, 0.1) is 5.82 Å². The first kappa shape index (κ1) is 9.98. The van der Waals surface area contributed by atoms with Crippen LogP contribution in [0.2, 0.25) is 0 Å². The maximum Gasteiger partial charge on any atom is 0.419 e. The minimum absolute atomic E-state index is 0.451. The summed E-state index contributed by atoms with van der Waals surface area (Å²) in [4.78, 5) is 0. The van der Waals surface area contributed by atoms with E-state index in [-0.39, 0.29) is 0 Å². The number of hydrogen-bond acceptors (Lipinski definition) is 1. The zero-order valence-corrected chi connectivity index (χ0v) is 6.40. The lowest BCUT2D eigenvalue weighted by Gasteiger charge is -2.11. The van der Waals surface area contributed by atoms with Crippen molar-refractivity contribution < 1.29 is 22.7 Å². The van der Waals surface area contributed by atoms with E-state index in [1.165, 1.54) is 0 Å². The Bertz CT molecular complexity index is 306. The third kappa shape index (κ3) is 1.98. The van der Waals surface area contributed by atoms with E-state index in [4.69, 9.17) is 5.11 Å². The molecule has 1 nitrogen and oxygen atoms in total. The van der Waals surface area contributed by atoms with Crippen molar-refractivity contribution in [3.63, 3.8) is 0 Å². The monoisotopic (exact) mass is 194 g/mol. The fourth-order valence-electron chi connectivity index (χ4n) is 1.02. The molecule has 0 bridgehead atoms. The molecule has 0 amide bonds. The molecule has 0 fully saturated rings. The van der Waals surface area contributed by atoms with Gasteiger partial charge < -0.3 is 5.11 Å². The Balaban J connectivity index is 3.32. The fraction of sp³-hybridized carbons (Fsp3) is 0.250. The first-order valence-corrected chi connectivity index (χ1v) is 3.42. The van der Waals surface area contributed by atoms with Gasteiger partial charge in [0.25, 0.3) is 0 Å². The molecular weight excluding hydrogens is 188 g/mol. The highest BCUT2D eigenvalue weighted by atomic mass is 19.4. The molecule has 0 aromatic heterocycles. The van der Waals surface area contributed by atoms with Crippen LogP contribution >= 0.6 is 0 Å². The summed E-state index contributed by atoms with van der Waals surface area (Å²) in [6.45, 7) is -0.827. The molecule has 1 N–H and O–H groups in total. The van der Waals surface area contributed by atoms with E-state index in [1.54, 1.807) is 0 Å². The molecule has 13 heavy (non-hydrogen) atoms. The number of aliphatic hydroxyl groups is 1. The lowest BCUT2D eigenvalue weighted by atomic mass is 10.1. The highest BCUT2D eigenvalue weighted by molar-refractivity contribution is 5.30. The fourth-order valence-corrected chi connectivity index (χ4v) is 1.02. The third-order valence-electron chi connectivity index (χ3n) is 1.55. The lowest BCUT2D eigenvalue weighted by Crippen LogP contribution is -2.12. The van der Waals surface area contributed by atoms with Crippen molar-refractivity contribution in [2.45, 2.75) is 12.8 Å². The molecule has 5 heteroatoms. The molecular formula is C8H6F4O. The van der Waals surface area contributed by atoms with Crippen LogP contribution in [0.4, 0.5) is 17.6 Å². The molecule has 0 atom stereocenters. The summed E-state index contributed by atoms with van der Waals surface area (Å²) < 4.78 is 49.1. The second kappa shape index (κ2) is 3.33. The summed E-state index contributed by atoms with van der Waals surface area (Å²) in [6.07, 6.45) is -4.76. The lowest BCUT2D eigenvalue weighted by molar-refractivity contribution is -0.141. The first-order valence-electron chi connectivity index (χ1n) is 3.42. The molecule has 0 saturated carbocycles. The van der Waals surface area contributed by atoms with Crippen molar-refractivity contribution in [1.82, 2.24) is 0 Å². The van der Waals surface area contributed by atoms with E-state index in [0.29, 0.717) is 6.07 Å². The summed E-state index contributed by atoms with van der Waals surface area (Å²) in [6, 6.07) is 2.87. The quantitative estimate of drug-likeness (QED) is 0.680. The minimum Gasteiger partial charge on any atom is -0.392 e. The maximum atomic E-state index is 12.7. The van der Waals surface area contributed by atoms with Gasteiger partial charge in [-0.1, -0.05) is 12.1 Å². The van der Waals surface area contributed by atoms with Crippen LogP contribution in [0.5, 0.6) is 0 Å². The molecule has 0 heterocycles. The SMILES string of the molecule is OCc1cccc(F)c1C(F)(F)F. The Morgan fingerprint density at radius 3 is 2.23 bits per heavy atom. The van der Waals surface area contributed by atoms with E-state index in [0.717, 1.165) is 12.1 Å². The van der Waals surface area contributed by atoms with Gasteiger partial charge in [-0.15, -0.1) is 0 Å². The Hall–Kier alpha value is -1.10. The molecule has 1 aromatic carbocycles. The molecule has 0 aliphatic rings. The van der Waals surface area contributed by atoms with Crippen molar-refractivity contribution >= 4 is 0 Å². The molecule has 0 radical (unpaired) electrons. The van der Waals surface area contributed by atoms with Crippen molar-refractivity contribution in [2.24, 2.45) is 0 Å². The zero-order chi connectivity index (χ0) is 10.1. The van der Waals surface area contributed by atoms with Gasteiger partial charge in [0.2, 0.25) is 0 Å². The number of benzene rings is 1. The molecule has 0 aliphatic heterocycles. The Labute approximate surface area is 71.6 Å². The summed E-state index contributed by atoms with van der Waals surface area (Å²) in [5.41, 5.74) is -1.84. The van der Waals surface area contributed by atoms with Crippen molar-refractivity contribution in [3.05, 3.63) is 35.1 Å². The molecule has 72 valence electrons. The average Bonchev–Trinajstić information content (AvgIpc) is 2.01. The molecule has 0 saturated heterocycles. The van der Waals surface area contributed by atoms with E-state index < -0.39 is 29.7 Å². The predicted octanol–water partition coefficient (Wildman–Crippen LogP) is 2.34. The van der Waals surface area contributed by atoms with E-state index in [2.05, 4.69) is 0 Å². The second-order valence-corrected chi connectivity index (χ2v) is 2.43. The van der Waals surface area contributed by atoms with Crippen molar-refractivity contribution in [2.75, 3.05) is 0 Å². The highest BCUT2D eigenvalue weighted by Crippen LogP contribution is 2.33. The van der Waals surface area contributed by atoms with Gasteiger partial charge in [-0.05, 0) is 11.6 Å². The van der Waals surface area contributed by atoms with Gasteiger partial charge in [-0.2, -0.15) is 13.2 Å². The first-order chi connectivity index (χ1) is 5.96.